The normalized spacial score (nSPS) is 11.2. The Labute approximate surface area is 125 Å². The van der Waals surface area contributed by atoms with Gasteiger partial charge in [0.1, 0.15) is 0 Å². The van der Waals surface area contributed by atoms with Crippen LogP contribution in [0.15, 0.2) is 59.7 Å². The van der Waals surface area contributed by atoms with Crippen molar-refractivity contribution < 1.29 is 4.79 Å². The van der Waals surface area contributed by atoms with E-state index in [-0.39, 0.29) is 5.91 Å². The fourth-order valence-corrected chi connectivity index (χ4v) is 2.05. The summed E-state index contributed by atoms with van der Waals surface area (Å²) in [5.74, 6) is -0.188. The lowest BCUT2D eigenvalue weighted by Crippen LogP contribution is -2.19. The highest BCUT2D eigenvalue weighted by Gasteiger charge is 2.05. The van der Waals surface area contributed by atoms with E-state index in [2.05, 4.69) is 41.7 Å². The molecule has 2 aromatic carbocycles. The summed E-state index contributed by atoms with van der Waals surface area (Å²) >= 11 is 0. The van der Waals surface area contributed by atoms with E-state index in [0.717, 1.165) is 24.1 Å². The first kappa shape index (κ1) is 15.0. The first-order chi connectivity index (χ1) is 10.2. The molecule has 0 radical (unpaired) electrons. The highest BCUT2D eigenvalue weighted by atomic mass is 16.2. The van der Waals surface area contributed by atoms with Gasteiger partial charge in [-0.15, -0.1) is 0 Å². The predicted octanol–water partition coefficient (Wildman–Crippen LogP) is 3.79. The van der Waals surface area contributed by atoms with Crippen LogP contribution in [0.2, 0.25) is 0 Å². The van der Waals surface area contributed by atoms with Gasteiger partial charge in [0.2, 0.25) is 0 Å². The van der Waals surface area contributed by atoms with E-state index in [0.29, 0.717) is 5.56 Å². The quantitative estimate of drug-likeness (QED) is 0.657. The Morgan fingerprint density at radius 3 is 2.19 bits per heavy atom. The summed E-state index contributed by atoms with van der Waals surface area (Å²) in [5, 5.41) is 4.26. The first-order valence-corrected chi connectivity index (χ1v) is 7.25. The zero-order valence-corrected chi connectivity index (χ0v) is 12.5. The molecule has 0 spiro atoms. The molecule has 108 valence electrons. The molecule has 3 heteroatoms. The highest BCUT2D eigenvalue weighted by Crippen LogP contribution is 2.08. The van der Waals surface area contributed by atoms with Gasteiger partial charge in [-0.1, -0.05) is 56.3 Å². The third-order valence-corrected chi connectivity index (χ3v) is 3.36. The van der Waals surface area contributed by atoms with E-state index in [1.54, 1.807) is 12.1 Å². The fourth-order valence-electron chi connectivity index (χ4n) is 2.05. The molecule has 0 unspecified atom stereocenters. The van der Waals surface area contributed by atoms with E-state index in [1.807, 2.05) is 25.1 Å². The van der Waals surface area contributed by atoms with Crippen LogP contribution in [-0.2, 0) is 6.42 Å². The molecule has 0 bridgehead atoms. The molecular weight excluding hydrogens is 260 g/mol. The van der Waals surface area contributed by atoms with E-state index in [9.17, 15) is 4.79 Å². The molecule has 21 heavy (non-hydrogen) atoms. The molecule has 0 aliphatic carbocycles. The Balaban J connectivity index is 2.11. The predicted molar refractivity (Wildman–Crippen MR) is 86.6 cm³/mol. The Hall–Kier alpha value is -2.42. The Bertz CT molecular complexity index is 615. The maximum absolute atomic E-state index is 12.0. The minimum absolute atomic E-state index is 0.188. The molecular formula is C18H20N2O. The number of hydrazone groups is 1. The van der Waals surface area contributed by atoms with Crippen LogP contribution in [0.25, 0.3) is 0 Å². The first-order valence-electron chi connectivity index (χ1n) is 7.25. The number of nitrogens with zero attached hydrogens (tertiary/aromatic N) is 1. The van der Waals surface area contributed by atoms with Crippen molar-refractivity contribution in [3.63, 3.8) is 0 Å². The topological polar surface area (TPSA) is 41.5 Å². The molecule has 0 aliphatic heterocycles. The van der Waals surface area contributed by atoms with Gasteiger partial charge >= 0.3 is 0 Å². The second-order valence-corrected chi connectivity index (χ2v) is 4.77. The van der Waals surface area contributed by atoms with Crippen molar-refractivity contribution in [3.8, 4) is 0 Å². The molecule has 0 fully saturated rings. The van der Waals surface area contributed by atoms with Crippen LogP contribution in [0, 0.1) is 0 Å². The van der Waals surface area contributed by atoms with Crippen molar-refractivity contribution in [2.75, 3.05) is 0 Å². The maximum Gasteiger partial charge on any atom is 0.271 e. The minimum Gasteiger partial charge on any atom is -0.267 e. The van der Waals surface area contributed by atoms with Crippen LogP contribution in [0.1, 0.15) is 41.8 Å². The third kappa shape index (κ3) is 4.02. The lowest BCUT2D eigenvalue weighted by atomic mass is 10.1. The monoisotopic (exact) mass is 280 g/mol. The Morgan fingerprint density at radius 2 is 1.62 bits per heavy atom. The van der Waals surface area contributed by atoms with E-state index < -0.39 is 0 Å². The number of carbonyl (C=O) groups excluding carboxylic acids is 1. The minimum atomic E-state index is -0.188. The van der Waals surface area contributed by atoms with Gasteiger partial charge < -0.3 is 0 Å². The highest BCUT2D eigenvalue weighted by molar-refractivity contribution is 6.02. The second-order valence-electron chi connectivity index (χ2n) is 4.77. The zero-order valence-electron chi connectivity index (χ0n) is 12.5. The van der Waals surface area contributed by atoms with E-state index >= 15 is 0 Å². The fraction of sp³-hybridized carbons (Fsp3) is 0.222. The van der Waals surface area contributed by atoms with Crippen molar-refractivity contribution in [1.29, 1.82) is 0 Å². The maximum atomic E-state index is 12.0. The summed E-state index contributed by atoms with van der Waals surface area (Å²) in [6.07, 6.45) is 1.78. The third-order valence-electron chi connectivity index (χ3n) is 3.36. The van der Waals surface area contributed by atoms with Gasteiger partial charge in [-0.05, 0) is 36.1 Å². The van der Waals surface area contributed by atoms with Crippen LogP contribution in [-0.4, -0.2) is 11.6 Å². The average molecular weight is 280 g/mol. The van der Waals surface area contributed by atoms with Crippen LogP contribution in [0.3, 0.4) is 0 Å². The molecule has 1 N–H and O–H groups in total. The summed E-state index contributed by atoms with van der Waals surface area (Å²) in [6, 6.07) is 17.4. The Morgan fingerprint density at radius 1 is 0.952 bits per heavy atom. The van der Waals surface area contributed by atoms with Crippen LogP contribution in [0.4, 0.5) is 0 Å². The van der Waals surface area contributed by atoms with Gasteiger partial charge in [-0.2, -0.15) is 5.10 Å². The van der Waals surface area contributed by atoms with Crippen molar-refractivity contribution >= 4 is 11.6 Å². The van der Waals surface area contributed by atoms with E-state index in [4.69, 9.17) is 0 Å². The molecule has 2 rings (SSSR count). The smallest absolute Gasteiger partial charge is 0.267 e. The second kappa shape index (κ2) is 7.39. The molecule has 0 saturated heterocycles. The summed E-state index contributed by atoms with van der Waals surface area (Å²) in [7, 11) is 0. The van der Waals surface area contributed by atoms with Gasteiger partial charge in [0.25, 0.3) is 5.91 Å². The largest absolute Gasteiger partial charge is 0.271 e. The molecule has 0 heterocycles. The summed E-state index contributed by atoms with van der Waals surface area (Å²) in [6.45, 7) is 4.16. The van der Waals surface area contributed by atoms with Crippen molar-refractivity contribution in [3.05, 3.63) is 71.3 Å². The van der Waals surface area contributed by atoms with Gasteiger partial charge in [-0.25, -0.2) is 5.43 Å². The SMILES string of the molecule is CC/C(=N\NC(=O)c1ccccc1)c1ccc(CC)cc1. The number of benzene rings is 2. The van der Waals surface area contributed by atoms with Gasteiger partial charge in [0, 0.05) is 5.56 Å². The number of carbonyl (C=O) groups is 1. The molecule has 2 aromatic rings. The average Bonchev–Trinajstić information content (AvgIpc) is 2.56. The standard InChI is InChI=1S/C18H20N2O/c1-3-14-10-12-15(13-11-14)17(4-2)19-20-18(21)16-8-6-5-7-9-16/h5-13H,3-4H2,1-2H3,(H,20,21)/b19-17+. The Kier molecular flexibility index (Phi) is 5.27. The number of hydrogen-bond donors (Lipinski definition) is 1. The van der Waals surface area contributed by atoms with Gasteiger partial charge in [0.05, 0.1) is 5.71 Å². The van der Waals surface area contributed by atoms with Crippen molar-refractivity contribution in [2.45, 2.75) is 26.7 Å². The lowest BCUT2D eigenvalue weighted by molar-refractivity contribution is 0.0955. The zero-order chi connectivity index (χ0) is 15.1. The molecule has 0 saturated carbocycles. The molecule has 0 atom stereocenters. The molecule has 1 amide bonds. The number of nitrogens with one attached hydrogen (secondary N) is 1. The summed E-state index contributed by atoms with van der Waals surface area (Å²) < 4.78 is 0. The van der Waals surface area contributed by atoms with E-state index in [1.165, 1.54) is 5.56 Å². The number of rotatable bonds is 5. The number of amides is 1. The van der Waals surface area contributed by atoms with Crippen LogP contribution in [0.5, 0.6) is 0 Å². The van der Waals surface area contributed by atoms with Gasteiger partial charge in [-0.3, -0.25) is 4.79 Å². The molecule has 3 nitrogen and oxygen atoms in total. The number of hydrogen-bond acceptors (Lipinski definition) is 2. The van der Waals surface area contributed by atoms with Crippen LogP contribution >= 0.6 is 0 Å². The molecule has 0 aliphatic rings. The van der Waals surface area contributed by atoms with Gasteiger partial charge in [0.15, 0.2) is 0 Å². The van der Waals surface area contributed by atoms with Crippen molar-refractivity contribution in [1.82, 2.24) is 5.43 Å². The lowest BCUT2D eigenvalue weighted by Gasteiger charge is -2.06. The summed E-state index contributed by atoms with van der Waals surface area (Å²) in [4.78, 5) is 12.0. The van der Waals surface area contributed by atoms with Crippen LogP contribution < -0.4 is 5.43 Å². The van der Waals surface area contributed by atoms with Crippen molar-refractivity contribution in [2.24, 2.45) is 5.10 Å². The number of aryl methyl sites for hydroxylation is 1. The molecule has 0 aromatic heterocycles. The summed E-state index contributed by atoms with van der Waals surface area (Å²) in [5.41, 5.74) is 6.45.